The van der Waals surface area contributed by atoms with Crippen molar-refractivity contribution in [3.63, 3.8) is 0 Å². The van der Waals surface area contributed by atoms with Gasteiger partial charge in [0, 0.05) is 21.8 Å². The Hall–Kier alpha value is -1.13. The molecule has 106 valence electrons. The van der Waals surface area contributed by atoms with Crippen molar-refractivity contribution in [1.82, 2.24) is 15.1 Å². The third kappa shape index (κ3) is 2.54. The fourth-order valence-corrected chi connectivity index (χ4v) is 3.47. The first-order valence-electron chi connectivity index (χ1n) is 7.36. The zero-order chi connectivity index (χ0) is 13.9. The molecule has 0 spiro atoms. The zero-order valence-corrected chi connectivity index (χ0v) is 13.4. The number of rotatable bonds is 3. The Kier molecular flexibility index (Phi) is 4.22. The number of fused-ring (bicyclic) bond motifs is 1. The summed E-state index contributed by atoms with van der Waals surface area (Å²) in [5.74, 6) is 0. The van der Waals surface area contributed by atoms with E-state index in [-0.39, 0.29) is 0 Å². The average Bonchev–Trinajstić information content (AvgIpc) is 2.76. The van der Waals surface area contributed by atoms with Crippen LogP contribution in [0.1, 0.15) is 43.5 Å². The minimum atomic E-state index is 0.453. The Morgan fingerprint density at radius 1 is 1.35 bits per heavy atom. The van der Waals surface area contributed by atoms with Gasteiger partial charge < -0.3 is 5.32 Å². The second-order valence-electron chi connectivity index (χ2n) is 5.27. The largest absolute Gasteiger partial charge is 0.310 e. The molecule has 1 aliphatic rings. The number of para-hydroxylation sites is 1. The minimum absolute atomic E-state index is 0.453. The van der Waals surface area contributed by atoms with E-state index in [1.807, 2.05) is 12.3 Å². The van der Waals surface area contributed by atoms with Crippen LogP contribution in [0.15, 0.2) is 34.9 Å². The molecule has 0 aliphatic heterocycles. The fraction of sp³-hybridized carbons (Fsp3) is 0.438. The molecule has 1 aromatic heterocycles. The van der Waals surface area contributed by atoms with Gasteiger partial charge in [-0.15, -0.1) is 0 Å². The highest BCUT2D eigenvalue weighted by molar-refractivity contribution is 9.10. The molecule has 1 heterocycles. The molecule has 1 atom stereocenters. The van der Waals surface area contributed by atoms with Gasteiger partial charge in [0.05, 0.1) is 11.9 Å². The lowest BCUT2D eigenvalue weighted by Crippen LogP contribution is -2.20. The van der Waals surface area contributed by atoms with E-state index in [2.05, 4.69) is 56.2 Å². The summed E-state index contributed by atoms with van der Waals surface area (Å²) in [7, 11) is 0. The third-order valence-corrected chi connectivity index (χ3v) is 4.63. The van der Waals surface area contributed by atoms with Gasteiger partial charge in [0.25, 0.3) is 0 Å². The van der Waals surface area contributed by atoms with Gasteiger partial charge in [0.1, 0.15) is 0 Å². The molecule has 0 amide bonds. The summed E-state index contributed by atoms with van der Waals surface area (Å²) in [4.78, 5) is 0. The molecule has 1 unspecified atom stereocenters. The molecule has 20 heavy (non-hydrogen) atoms. The average molecular weight is 334 g/mol. The van der Waals surface area contributed by atoms with Gasteiger partial charge in [-0.3, -0.25) is 0 Å². The molecule has 3 rings (SSSR count). The number of benzene rings is 1. The van der Waals surface area contributed by atoms with Gasteiger partial charge in [0.2, 0.25) is 0 Å². The smallest absolute Gasteiger partial charge is 0.0790 e. The van der Waals surface area contributed by atoms with Crippen molar-refractivity contribution in [2.45, 2.75) is 38.6 Å². The van der Waals surface area contributed by atoms with Crippen molar-refractivity contribution in [3.8, 4) is 5.69 Å². The molecule has 4 heteroatoms. The Bertz CT molecular complexity index is 591. The summed E-state index contributed by atoms with van der Waals surface area (Å²) >= 11 is 3.63. The van der Waals surface area contributed by atoms with E-state index >= 15 is 0 Å². The Balaban J connectivity index is 2.05. The van der Waals surface area contributed by atoms with Crippen LogP contribution >= 0.6 is 15.9 Å². The Labute approximate surface area is 128 Å². The van der Waals surface area contributed by atoms with Gasteiger partial charge in [-0.05, 0) is 53.9 Å². The van der Waals surface area contributed by atoms with Crippen LogP contribution in [0.3, 0.4) is 0 Å². The van der Waals surface area contributed by atoms with Crippen molar-refractivity contribution in [2.75, 3.05) is 6.54 Å². The molecule has 0 bridgehead atoms. The van der Waals surface area contributed by atoms with Crippen molar-refractivity contribution >= 4 is 15.9 Å². The topological polar surface area (TPSA) is 29.9 Å². The van der Waals surface area contributed by atoms with Crippen molar-refractivity contribution in [2.24, 2.45) is 0 Å². The van der Waals surface area contributed by atoms with Crippen LogP contribution in [0.5, 0.6) is 0 Å². The summed E-state index contributed by atoms with van der Waals surface area (Å²) in [6, 6.07) is 8.74. The summed E-state index contributed by atoms with van der Waals surface area (Å²) in [5.41, 5.74) is 3.87. The van der Waals surface area contributed by atoms with Crippen molar-refractivity contribution in [1.29, 1.82) is 0 Å². The molecular weight excluding hydrogens is 314 g/mol. The number of nitrogens with one attached hydrogen (secondary N) is 1. The number of hydrogen-bond donors (Lipinski definition) is 1. The monoisotopic (exact) mass is 333 g/mol. The molecular formula is C16H20BrN3. The number of hydrogen-bond acceptors (Lipinski definition) is 2. The van der Waals surface area contributed by atoms with Crippen LogP contribution in [0, 0.1) is 0 Å². The van der Waals surface area contributed by atoms with E-state index in [1.54, 1.807) is 0 Å². The van der Waals surface area contributed by atoms with E-state index in [9.17, 15) is 0 Å². The van der Waals surface area contributed by atoms with Crippen molar-refractivity contribution in [3.05, 3.63) is 46.2 Å². The predicted molar refractivity (Wildman–Crippen MR) is 85.2 cm³/mol. The molecule has 3 nitrogen and oxygen atoms in total. The number of aromatic nitrogens is 2. The standard InChI is InChI=1S/C16H20BrN3/c1-2-18-14-8-4-6-9-15-12(14)11-19-20(15)16-10-5-3-7-13(16)17/h3,5,7,10-11,14,18H,2,4,6,8-9H2,1H3. The van der Waals surface area contributed by atoms with Crippen LogP contribution in [-0.4, -0.2) is 16.3 Å². The van der Waals surface area contributed by atoms with Gasteiger partial charge in [-0.2, -0.15) is 5.10 Å². The number of halogens is 1. The maximum absolute atomic E-state index is 4.65. The highest BCUT2D eigenvalue weighted by atomic mass is 79.9. The third-order valence-electron chi connectivity index (χ3n) is 3.96. The van der Waals surface area contributed by atoms with E-state index in [1.165, 1.54) is 30.5 Å². The van der Waals surface area contributed by atoms with E-state index in [0.717, 1.165) is 23.1 Å². The molecule has 0 fully saturated rings. The molecule has 1 N–H and O–H groups in total. The molecule has 0 saturated heterocycles. The summed E-state index contributed by atoms with van der Waals surface area (Å²) in [5, 5.41) is 8.24. The maximum atomic E-state index is 4.65. The fourth-order valence-electron chi connectivity index (χ4n) is 3.01. The number of nitrogens with zero attached hydrogens (tertiary/aromatic N) is 2. The lowest BCUT2D eigenvalue weighted by atomic mass is 10.1. The lowest BCUT2D eigenvalue weighted by molar-refractivity contribution is 0.503. The van der Waals surface area contributed by atoms with Crippen molar-refractivity contribution < 1.29 is 0 Å². The lowest BCUT2D eigenvalue weighted by Gasteiger charge is -2.15. The van der Waals surface area contributed by atoms with Crippen LogP contribution < -0.4 is 5.32 Å². The second kappa shape index (κ2) is 6.10. The highest BCUT2D eigenvalue weighted by Gasteiger charge is 2.22. The molecule has 2 aromatic rings. The first kappa shape index (κ1) is 13.8. The molecule has 1 aliphatic carbocycles. The van der Waals surface area contributed by atoms with E-state index < -0.39 is 0 Å². The summed E-state index contributed by atoms with van der Waals surface area (Å²) in [6.07, 6.45) is 6.89. The van der Waals surface area contributed by atoms with Crippen LogP contribution in [0.25, 0.3) is 5.69 Å². The highest BCUT2D eigenvalue weighted by Crippen LogP contribution is 2.31. The first-order valence-corrected chi connectivity index (χ1v) is 8.15. The SMILES string of the molecule is CCNC1CCCCc2c1cnn2-c1ccccc1Br. The van der Waals surface area contributed by atoms with E-state index in [4.69, 9.17) is 0 Å². The van der Waals surface area contributed by atoms with Crippen LogP contribution in [0.2, 0.25) is 0 Å². The summed E-state index contributed by atoms with van der Waals surface area (Å²) in [6.45, 7) is 3.17. The van der Waals surface area contributed by atoms with Gasteiger partial charge in [0.15, 0.2) is 0 Å². The Morgan fingerprint density at radius 3 is 3.00 bits per heavy atom. The van der Waals surface area contributed by atoms with Gasteiger partial charge in [-0.25, -0.2) is 4.68 Å². The van der Waals surface area contributed by atoms with E-state index in [0.29, 0.717) is 6.04 Å². The predicted octanol–water partition coefficient (Wildman–Crippen LogP) is 4.01. The quantitative estimate of drug-likeness (QED) is 0.860. The second-order valence-corrected chi connectivity index (χ2v) is 6.12. The molecule has 1 aromatic carbocycles. The first-order chi connectivity index (χ1) is 9.81. The Morgan fingerprint density at radius 2 is 2.20 bits per heavy atom. The van der Waals surface area contributed by atoms with Crippen LogP contribution in [0.4, 0.5) is 0 Å². The molecule has 0 saturated carbocycles. The van der Waals surface area contributed by atoms with Gasteiger partial charge >= 0.3 is 0 Å². The van der Waals surface area contributed by atoms with Gasteiger partial charge in [-0.1, -0.05) is 25.5 Å². The minimum Gasteiger partial charge on any atom is -0.310 e. The van der Waals surface area contributed by atoms with Crippen LogP contribution in [-0.2, 0) is 6.42 Å². The normalized spacial score (nSPS) is 18.6. The molecule has 0 radical (unpaired) electrons. The maximum Gasteiger partial charge on any atom is 0.0790 e. The summed E-state index contributed by atoms with van der Waals surface area (Å²) < 4.78 is 3.20. The zero-order valence-electron chi connectivity index (χ0n) is 11.8.